The molecular formula is C40H34BF4Rh-. The van der Waals surface area contributed by atoms with E-state index in [0.29, 0.717) is 0 Å². The average molecular weight is 704 g/mol. The van der Waals surface area contributed by atoms with Crippen molar-refractivity contribution in [2.24, 2.45) is 0 Å². The van der Waals surface area contributed by atoms with Crippen molar-refractivity contribution in [3.05, 3.63) is 178 Å². The Hall–Kier alpha value is -4.01. The molecule has 8 rings (SSSR count). The van der Waals surface area contributed by atoms with E-state index in [2.05, 4.69) is 121 Å². The smallest absolute Gasteiger partial charge is 0.197 e. The fourth-order valence-electron chi connectivity index (χ4n) is 7.78. The second-order valence-electron chi connectivity index (χ2n) is 12.2. The first-order chi connectivity index (χ1) is 21.7. The van der Waals surface area contributed by atoms with Crippen LogP contribution >= 0.6 is 0 Å². The summed E-state index contributed by atoms with van der Waals surface area (Å²) in [5, 5.41) is 0. The van der Waals surface area contributed by atoms with Crippen LogP contribution in [-0.2, 0) is 19.5 Å². The van der Waals surface area contributed by atoms with Gasteiger partial charge in [0.15, 0.2) is 23.3 Å². The van der Waals surface area contributed by atoms with E-state index in [0.717, 1.165) is 22.3 Å². The van der Waals surface area contributed by atoms with Gasteiger partial charge < -0.3 is 0 Å². The van der Waals surface area contributed by atoms with Crippen LogP contribution in [0.3, 0.4) is 0 Å². The van der Waals surface area contributed by atoms with E-state index in [4.69, 9.17) is 0 Å². The third-order valence-electron chi connectivity index (χ3n) is 10.1. The van der Waals surface area contributed by atoms with Gasteiger partial charge in [-0.25, -0.2) is 17.6 Å². The molecule has 3 aliphatic carbocycles. The molecule has 0 fully saturated rings. The largest absolute Gasteiger partial charge is 0.203 e. The number of halogens is 4. The molecule has 6 heteroatoms. The van der Waals surface area contributed by atoms with Crippen LogP contribution in [0, 0.1) is 23.3 Å². The van der Waals surface area contributed by atoms with Gasteiger partial charge in [-0.1, -0.05) is 144 Å². The number of hydrogen-bond acceptors (Lipinski definition) is 0. The van der Waals surface area contributed by atoms with E-state index in [1.807, 2.05) is 27.7 Å². The molecule has 2 bridgehead atoms. The first-order valence-corrected chi connectivity index (χ1v) is 15.3. The molecule has 0 atom stereocenters. The SMILES string of the molecule is CC1=C(C)C2C(C)=C(C)C1c1c(F)c(F)c(F)c(F)c12.[Rh].c1ccc([B-](c2ccccc2)(c2ccccc2)c2ccccc2)cc1. The van der Waals surface area contributed by atoms with Gasteiger partial charge in [0, 0.05) is 42.4 Å². The fraction of sp³-hybridized carbons (Fsp3) is 0.150. The van der Waals surface area contributed by atoms with E-state index < -0.39 is 41.3 Å². The molecular weight excluding hydrogens is 670 g/mol. The molecule has 5 aromatic rings. The van der Waals surface area contributed by atoms with Gasteiger partial charge in [-0.2, -0.15) is 21.9 Å². The maximum absolute atomic E-state index is 14.2. The van der Waals surface area contributed by atoms with Crippen molar-refractivity contribution in [1.29, 1.82) is 0 Å². The Morgan fingerprint density at radius 1 is 0.370 bits per heavy atom. The zero-order valence-corrected chi connectivity index (χ0v) is 27.8. The van der Waals surface area contributed by atoms with Crippen LogP contribution in [0.1, 0.15) is 50.7 Å². The van der Waals surface area contributed by atoms with Crippen LogP contribution in [0.5, 0.6) is 0 Å². The zero-order valence-electron chi connectivity index (χ0n) is 26.1. The molecule has 0 nitrogen and oxygen atoms in total. The monoisotopic (exact) mass is 704 g/mol. The molecule has 0 N–H and O–H groups in total. The second kappa shape index (κ2) is 13.4. The van der Waals surface area contributed by atoms with Crippen molar-refractivity contribution >= 4 is 28.0 Å². The summed E-state index contributed by atoms with van der Waals surface area (Å²) in [5.74, 6) is -6.92. The minimum absolute atomic E-state index is 0. The third-order valence-corrected chi connectivity index (χ3v) is 10.1. The third kappa shape index (κ3) is 5.21. The Kier molecular flexibility index (Phi) is 9.70. The predicted octanol–water partition coefficient (Wildman–Crippen LogP) is 8.17. The minimum atomic E-state index is -1.72. The Morgan fingerprint density at radius 3 is 0.804 bits per heavy atom. The number of allylic oxidation sites excluding steroid dienone is 4. The van der Waals surface area contributed by atoms with Gasteiger partial charge in [0.25, 0.3) is 0 Å². The topological polar surface area (TPSA) is 0 Å². The van der Waals surface area contributed by atoms with Gasteiger partial charge in [-0.3, -0.25) is 0 Å². The maximum atomic E-state index is 14.2. The molecule has 0 aliphatic heterocycles. The summed E-state index contributed by atoms with van der Waals surface area (Å²) in [6.07, 6.45) is -1.22. The van der Waals surface area contributed by atoms with E-state index >= 15 is 0 Å². The van der Waals surface area contributed by atoms with Crippen LogP contribution in [0.2, 0.25) is 0 Å². The summed E-state index contributed by atoms with van der Waals surface area (Å²) < 4.78 is 55.4. The Labute approximate surface area is 281 Å². The van der Waals surface area contributed by atoms with Crippen LogP contribution < -0.4 is 21.9 Å². The van der Waals surface area contributed by atoms with Crippen molar-refractivity contribution in [2.75, 3.05) is 0 Å². The van der Waals surface area contributed by atoms with Crippen molar-refractivity contribution in [2.45, 2.75) is 39.5 Å². The minimum Gasteiger partial charge on any atom is -0.203 e. The van der Waals surface area contributed by atoms with Crippen molar-refractivity contribution < 1.29 is 37.0 Å². The van der Waals surface area contributed by atoms with Crippen molar-refractivity contribution in [3.63, 3.8) is 0 Å². The zero-order chi connectivity index (χ0) is 31.9. The predicted molar refractivity (Wildman–Crippen MR) is 179 cm³/mol. The molecule has 46 heavy (non-hydrogen) atoms. The van der Waals surface area contributed by atoms with Gasteiger partial charge in [0.05, 0.1) is 0 Å². The summed E-state index contributed by atoms with van der Waals surface area (Å²) in [6.45, 7) is 7.35. The Balaban J connectivity index is 0.000000182. The molecule has 0 spiro atoms. The standard InChI is InChI=1S/C24H20B.C16H14F4.Rh/c1-5-13-21(14-6-1)25(22-15-7-2-8-16-22,23-17-9-3-10-18-23)24-19-11-4-12-20-24;1-5-6(2)10-8(4)7(3)9(5)11-12(10)14(18)16(20)15(19)13(11)17;/h1-20H;9-10H,1-4H3;/q-1;;. The van der Waals surface area contributed by atoms with E-state index in [-0.39, 0.29) is 30.6 Å². The van der Waals surface area contributed by atoms with Crippen LogP contribution in [0.15, 0.2) is 144 Å². The molecule has 0 saturated carbocycles. The maximum Gasteiger partial charge on any atom is 0.197 e. The molecule has 3 aliphatic rings. The molecule has 5 aromatic carbocycles. The molecule has 0 saturated heterocycles. The molecule has 0 aromatic heterocycles. The van der Waals surface area contributed by atoms with Gasteiger partial charge in [0.2, 0.25) is 0 Å². The summed E-state index contributed by atoms with van der Waals surface area (Å²) in [5.41, 5.74) is 8.89. The number of benzene rings is 5. The molecule has 1 radical (unpaired) electrons. The molecule has 0 unspecified atom stereocenters. The van der Waals surface area contributed by atoms with Crippen LogP contribution in [0.25, 0.3) is 0 Å². The van der Waals surface area contributed by atoms with Crippen LogP contribution in [-0.4, -0.2) is 6.15 Å². The summed E-state index contributed by atoms with van der Waals surface area (Å²) >= 11 is 0. The average Bonchev–Trinajstić information content (AvgIpc) is 3.09. The quantitative estimate of drug-likeness (QED) is 0.0583. The van der Waals surface area contributed by atoms with E-state index in [1.54, 1.807) is 0 Å². The first-order valence-electron chi connectivity index (χ1n) is 15.3. The van der Waals surface area contributed by atoms with E-state index in [1.165, 1.54) is 21.9 Å². The number of hydrogen-bond donors (Lipinski definition) is 0. The summed E-state index contributed by atoms with van der Waals surface area (Å²) in [7, 11) is 0. The molecule has 235 valence electrons. The van der Waals surface area contributed by atoms with Crippen molar-refractivity contribution in [3.8, 4) is 0 Å². The van der Waals surface area contributed by atoms with Gasteiger partial charge in [0.1, 0.15) is 6.15 Å². The van der Waals surface area contributed by atoms with Crippen molar-refractivity contribution in [1.82, 2.24) is 0 Å². The molecule has 0 heterocycles. The summed E-state index contributed by atoms with van der Waals surface area (Å²) in [6, 6.07) is 43.5. The van der Waals surface area contributed by atoms with Gasteiger partial charge >= 0.3 is 0 Å². The Morgan fingerprint density at radius 2 is 0.587 bits per heavy atom. The van der Waals surface area contributed by atoms with Gasteiger partial charge in [-0.15, -0.1) is 0 Å². The second-order valence-corrected chi connectivity index (χ2v) is 12.2. The normalized spacial score (nSPS) is 16.8. The van der Waals surface area contributed by atoms with Gasteiger partial charge in [-0.05, 0) is 27.7 Å². The number of rotatable bonds is 4. The van der Waals surface area contributed by atoms with E-state index in [9.17, 15) is 17.6 Å². The molecule has 0 amide bonds. The Bertz CT molecular complexity index is 1670. The van der Waals surface area contributed by atoms with Crippen LogP contribution in [0.4, 0.5) is 17.6 Å². The fourth-order valence-corrected chi connectivity index (χ4v) is 7.78. The summed E-state index contributed by atoms with van der Waals surface area (Å²) in [4.78, 5) is 0. The first kappa shape index (κ1) is 33.4.